The third-order valence-corrected chi connectivity index (χ3v) is 6.28. The molecule has 2 saturated heterocycles. The van der Waals surface area contributed by atoms with Crippen molar-refractivity contribution in [2.45, 2.75) is 6.42 Å². The quantitative estimate of drug-likeness (QED) is 0.552. The molecule has 0 aliphatic carbocycles. The van der Waals surface area contributed by atoms with E-state index in [-0.39, 0.29) is 19.0 Å². The first-order valence-electron chi connectivity index (χ1n) is 9.57. The number of thiophene rings is 1. The highest BCUT2D eigenvalue weighted by Gasteiger charge is 2.46. The average molecular weight is 417 g/mol. The zero-order chi connectivity index (χ0) is 20.4. The highest BCUT2D eigenvalue weighted by atomic mass is 32.1. The van der Waals surface area contributed by atoms with Crippen LogP contribution in [0.4, 0.5) is 14.9 Å². The van der Waals surface area contributed by atoms with E-state index in [1.54, 1.807) is 23.5 Å². The van der Waals surface area contributed by atoms with Gasteiger partial charge in [0.15, 0.2) is 6.67 Å². The molecule has 2 aliphatic heterocycles. The smallest absolute Gasteiger partial charge is 0.338 e. The molecule has 1 aromatic heterocycles. The number of anilines is 1. The number of hydrogen-bond acceptors (Lipinski definition) is 5. The van der Waals surface area contributed by atoms with Gasteiger partial charge in [0.25, 0.3) is 0 Å². The number of nitrogens with one attached hydrogen (secondary N) is 1. The molecule has 0 unspecified atom stereocenters. The number of nitrogens with zero attached hydrogens (tertiary/aromatic N) is 3. The minimum atomic E-state index is -0.741. The average Bonchev–Trinajstić information content (AvgIpc) is 3.32. The fourth-order valence-corrected chi connectivity index (χ4v) is 4.38. The van der Waals surface area contributed by atoms with E-state index in [4.69, 9.17) is 0 Å². The van der Waals surface area contributed by atoms with E-state index in [0.717, 1.165) is 51.4 Å². The standard InChI is InChI=1S/C20H21FN4O3S/c21-15-3-5-16(6-4-15)23-11-9-22(10-12-23)14-25-19(27)18(26)24(20(25)28)8-7-17-2-1-13-29-17/h1-6,13H,7-12,14H2/p+1. The summed E-state index contributed by atoms with van der Waals surface area (Å²) in [6, 6.07) is 9.71. The van der Waals surface area contributed by atoms with Gasteiger partial charge in [0, 0.05) is 23.5 Å². The number of halogens is 1. The normalized spacial score (nSPS) is 18.2. The zero-order valence-corrected chi connectivity index (χ0v) is 16.7. The second kappa shape index (κ2) is 8.30. The van der Waals surface area contributed by atoms with Crippen LogP contribution in [0.1, 0.15) is 4.88 Å². The lowest BCUT2D eigenvalue weighted by molar-refractivity contribution is -0.907. The van der Waals surface area contributed by atoms with Crippen molar-refractivity contribution < 1.29 is 23.7 Å². The Hall–Kier alpha value is -2.78. The molecule has 0 spiro atoms. The summed E-state index contributed by atoms with van der Waals surface area (Å²) in [6.45, 7) is 3.31. The van der Waals surface area contributed by atoms with Crippen molar-refractivity contribution in [3.05, 3.63) is 52.5 Å². The number of rotatable bonds is 6. The summed E-state index contributed by atoms with van der Waals surface area (Å²) in [5, 5.41) is 1.94. The molecule has 7 nitrogen and oxygen atoms in total. The van der Waals surface area contributed by atoms with Gasteiger partial charge in [-0.15, -0.1) is 11.3 Å². The van der Waals surface area contributed by atoms with Crippen LogP contribution >= 0.6 is 11.3 Å². The van der Waals surface area contributed by atoms with E-state index in [9.17, 15) is 18.8 Å². The fourth-order valence-electron chi connectivity index (χ4n) is 3.68. The number of benzene rings is 1. The maximum atomic E-state index is 13.1. The summed E-state index contributed by atoms with van der Waals surface area (Å²) >= 11 is 1.56. The Balaban J connectivity index is 1.32. The van der Waals surface area contributed by atoms with Crippen LogP contribution < -0.4 is 9.80 Å². The number of urea groups is 1. The van der Waals surface area contributed by atoms with E-state index >= 15 is 0 Å². The number of quaternary nitrogens is 1. The lowest BCUT2D eigenvalue weighted by Crippen LogP contribution is -3.16. The number of piperazine rings is 1. The van der Waals surface area contributed by atoms with Gasteiger partial charge in [-0.1, -0.05) is 6.07 Å². The first-order valence-corrected chi connectivity index (χ1v) is 10.4. The van der Waals surface area contributed by atoms with Crippen molar-refractivity contribution in [1.82, 2.24) is 9.80 Å². The topological polar surface area (TPSA) is 65.4 Å². The molecule has 0 bridgehead atoms. The Kier molecular flexibility index (Phi) is 5.59. The van der Waals surface area contributed by atoms with E-state index in [2.05, 4.69) is 4.90 Å². The van der Waals surface area contributed by atoms with Gasteiger partial charge in [-0.25, -0.2) is 14.1 Å². The minimum absolute atomic E-state index is 0.191. The monoisotopic (exact) mass is 417 g/mol. The summed E-state index contributed by atoms with van der Waals surface area (Å²) in [7, 11) is 0. The van der Waals surface area contributed by atoms with Crippen LogP contribution in [0.3, 0.4) is 0 Å². The van der Waals surface area contributed by atoms with Gasteiger partial charge in [-0.2, -0.15) is 0 Å². The second-order valence-electron chi connectivity index (χ2n) is 7.17. The van der Waals surface area contributed by atoms with Crippen LogP contribution in [0.2, 0.25) is 0 Å². The third-order valence-electron chi connectivity index (χ3n) is 5.34. The SMILES string of the molecule is O=C1C(=O)N(C[NH+]2CCN(c3ccc(F)cc3)CC2)C(=O)N1CCc1cccs1. The van der Waals surface area contributed by atoms with Crippen molar-refractivity contribution in [3.8, 4) is 0 Å². The molecule has 29 heavy (non-hydrogen) atoms. The second-order valence-corrected chi connectivity index (χ2v) is 8.21. The predicted octanol–water partition coefficient (Wildman–Crippen LogP) is 0.583. The molecule has 3 heterocycles. The molecule has 1 aromatic carbocycles. The van der Waals surface area contributed by atoms with Crippen LogP contribution in [-0.2, 0) is 16.0 Å². The zero-order valence-electron chi connectivity index (χ0n) is 15.8. The summed E-state index contributed by atoms with van der Waals surface area (Å²) < 4.78 is 13.1. The fraction of sp³-hybridized carbons (Fsp3) is 0.350. The first-order chi connectivity index (χ1) is 14.0. The molecule has 152 valence electrons. The maximum Gasteiger partial charge on any atom is 0.338 e. The van der Waals surface area contributed by atoms with Crippen molar-refractivity contribution in [3.63, 3.8) is 0 Å². The molecular formula is C20H22FN4O3S+. The summed E-state index contributed by atoms with van der Waals surface area (Å²) in [5.41, 5.74) is 0.953. The number of hydrogen-bond donors (Lipinski definition) is 1. The van der Waals surface area contributed by atoms with Gasteiger partial charge in [0.2, 0.25) is 0 Å². The van der Waals surface area contributed by atoms with Crippen molar-refractivity contribution >= 4 is 34.9 Å². The molecule has 1 N–H and O–H groups in total. The van der Waals surface area contributed by atoms with Gasteiger partial charge in [0.05, 0.1) is 26.2 Å². The van der Waals surface area contributed by atoms with Crippen LogP contribution in [0.25, 0.3) is 0 Å². The molecule has 4 amide bonds. The van der Waals surface area contributed by atoms with Crippen LogP contribution in [-0.4, -0.2) is 67.0 Å². The van der Waals surface area contributed by atoms with Crippen LogP contribution in [0, 0.1) is 5.82 Å². The van der Waals surface area contributed by atoms with Crippen molar-refractivity contribution in [2.24, 2.45) is 0 Å². The van der Waals surface area contributed by atoms with E-state index in [1.165, 1.54) is 12.1 Å². The minimum Gasteiger partial charge on any atom is -0.360 e. The molecule has 0 radical (unpaired) electrons. The summed E-state index contributed by atoms with van der Waals surface area (Å²) in [5.74, 6) is -1.75. The Bertz CT molecular complexity index is 895. The van der Waals surface area contributed by atoms with Gasteiger partial charge in [-0.05, 0) is 35.7 Å². The van der Waals surface area contributed by atoms with Gasteiger partial charge < -0.3 is 9.80 Å². The number of imide groups is 2. The van der Waals surface area contributed by atoms with Crippen LogP contribution in [0.15, 0.2) is 41.8 Å². The number of carbonyl (C=O) groups excluding carboxylic acids is 3. The number of amides is 4. The van der Waals surface area contributed by atoms with Gasteiger partial charge >= 0.3 is 17.8 Å². The van der Waals surface area contributed by atoms with E-state index < -0.39 is 17.8 Å². The van der Waals surface area contributed by atoms with Gasteiger partial charge in [-0.3, -0.25) is 14.5 Å². The summed E-state index contributed by atoms with van der Waals surface area (Å²) in [6.07, 6.45) is 0.555. The molecule has 2 fully saturated rings. The lowest BCUT2D eigenvalue weighted by Gasteiger charge is -2.34. The van der Waals surface area contributed by atoms with E-state index in [1.807, 2.05) is 17.5 Å². The van der Waals surface area contributed by atoms with Crippen molar-refractivity contribution in [2.75, 3.05) is 44.3 Å². The molecule has 0 atom stereocenters. The summed E-state index contributed by atoms with van der Waals surface area (Å²) in [4.78, 5) is 43.6. The maximum absolute atomic E-state index is 13.1. The first kappa shape index (κ1) is 19.5. The largest absolute Gasteiger partial charge is 0.360 e. The molecular weight excluding hydrogens is 395 g/mol. The Morgan fingerprint density at radius 3 is 2.31 bits per heavy atom. The van der Waals surface area contributed by atoms with Gasteiger partial charge in [0.1, 0.15) is 5.82 Å². The Morgan fingerprint density at radius 1 is 0.966 bits per heavy atom. The Labute approximate surface area is 171 Å². The highest BCUT2D eigenvalue weighted by Crippen LogP contribution is 2.16. The molecule has 9 heteroatoms. The van der Waals surface area contributed by atoms with Crippen molar-refractivity contribution in [1.29, 1.82) is 0 Å². The predicted molar refractivity (Wildman–Crippen MR) is 106 cm³/mol. The Morgan fingerprint density at radius 2 is 1.66 bits per heavy atom. The molecule has 2 aliphatic rings. The van der Waals surface area contributed by atoms with E-state index in [0.29, 0.717) is 6.42 Å². The molecule has 2 aromatic rings. The van der Waals surface area contributed by atoms with Crippen LogP contribution in [0.5, 0.6) is 0 Å². The molecule has 0 saturated carbocycles. The third kappa shape index (κ3) is 4.15. The lowest BCUT2D eigenvalue weighted by atomic mass is 10.2. The highest BCUT2D eigenvalue weighted by molar-refractivity contribution is 7.09. The number of carbonyl (C=O) groups is 3. The molecule has 4 rings (SSSR count).